The Morgan fingerprint density at radius 3 is 1.71 bits per heavy atom. The SMILES string of the molecule is O=C1[C@@H]2CC=CC[C@H]2C(=O)N1C[NH+]1CCN(S(=O)(=O)c2cc(C(F)(F)F)cc(C(F)(F)F)c2)CC1. The van der Waals surface area contributed by atoms with Crippen LogP contribution in [0.25, 0.3) is 0 Å². The van der Waals surface area contributed by atoms with Gasteiger partial charge in [-0.1, -0.05) is 12.2 Å². The van der Waals surface area contributed by atoms with E-state index in [-0.39, 0.29) is 62.9 Å². The number of halogens is 6. The van der Waals surface area contributed by atoms with Gasteiger partial charge in [-0.25, -0.2) is 13.3 Å². The monoisotopic (exact) mass is 526 g/mol. The molecule has 4 rings (SSSR count). The summed E-state index contributed by atoms with van der Waals surface area (Å²) in [4.78, 5) is 26.0. The number of likely N-dealkylation sites (tertiary alicyclic amines) is 1. The number of rotatable bonds is 4. The highest BCUT2D eigenvalue weighted by Crippen LogP contribution is 2.38. The Bertz CT molecular complexity index is 1100. The lowest BCUT2D eigenvalue weighted by molar-refractivity contribution is -0.910. The Kier molecular flexibility index (Phi) is 6.51. The van der Waals surface area contributed by atoms with Crippen molar-refractivity contribution < 1.29 is 49.2 Å². The smallest absolute Gasteiger partial charge is 0.315 e. The first-order chi connectivity index (χ1) is 16.2. The van der Waals surface area contributed by atoms with Gasteiger partial charge in [0.25, 0.3) is 0 Å². The lowest BCUT2D eigenvalue weighted by Crippen LogP contribution is -3.16. The number of alkyl halides is 6. The minimum absolute atomic E-state index is 0.0281. The predicted octanol–water partition coefficient (Wildman–Crippen LogP) is 1.52. The van der Waals surface area contributed by atoms with E-state index in [9.17, 15) is 44.3 Å². The van der Waals surface area contributed by atoms with Crippen LogP contribution in [0.2, 0.25) is 0 Å². The van der Waals surface area contributed by atoms with Gasteiger partial charge in [-0.05, 0) is 31.0 Å². The number of hydrogen-bond acceptors (Lipinski definition) is 4. The van der Waals surface area contributed by atoms with Gasteiger partial charge in [0.15, 0.2) is 6.67 Å². The lowest BCUT2D eigenvalue weighted by atomic mass is 9.85. The molecule has 35 heavy (non-hydrogen) atoms. The molecule has 2 aliphatic heterocycles. The van der Waals surface area contributed by atoms with Gasteiger partial charge in [0, 0.05) is 0 Å². The van der Waals surface area contributed by atoms with Crippen LogP contribution in [0.4, 0.5) is 26.3 Å². The molecular weight excluding hydrogens is 504 g/mol. The number of amides is 2. The van der Waals surface area contributed by atoms with E-state index in [2.05, 4.69) is 0 Å². The van der Waals surface area contributed by atoms with Crippen LogP contribution in [-0.2, 0) is 32.0 Å². The van der Waals surface area contributed by atoms with Gasteiger partial charge in [-0.3, -0.25) is 9.59 Å². The number of allylic oxidation sites excluding steroid dienone is 2. The number of nitrogens with zero attached hydrogens (tertiary/aromatic N) is 2. The Morgan fingerprint density at radius 2 is 1.29 bits per heavy atom. The highest BCUT2D eigenvalue weighted by atomic mass is 32.2. The van der Waals surface area contributed by atoms with Crippen LogP contribution >= 0.6 is 0 Å². The minimum atomic E-state index is -5.17. The standard InChI is InChI=1S/C21H21F6N3O4S/c22-20(23,24)13-9-14(21(25,26)27)11-15(10-13)35(33,34)29-7-5-28(6-8-29)12-30-18(31)16-3-1-2-4-17(16)19(30)32/h1-2,9-11,16-17H,3-8,12H2/p+1/t16-,17-/m1/s1. The van der Waals surface area contributed by atoms with E-state index < -0.39 is 50.2 Å². The molecule has 192 valence electrons. The van der Waals surface area contributed by atoms with Crippen LogP contribution in [-0.4, -0.2) is 62.3 Å². The zero-order valence-electron chi connectivity index (χ0n) is 18.2. The summed E-state index contributed by atoms with van der Waals surface area (Å²) in [6.45, 7) is -0.121. The molecule has 2 heterocycles. The molecule has 1 aromatic rings. The van der Waals surface area contributed by atoms with Crippen molar-refractivity contribution in [2.24, 2.45) is 11.8 Å². The van der Waals surface area contributed by atoms with E-state index in [1.54, 1.807) is 0 Å². The van der Waals surface area contributed by atoms with Crippen molar-refractivity contribution >= 4 is 21.8 Å². The van der Waals surface area contributed by atoms with E-state index in [0.29, 0.717) is 17.7 Å². The lowest BCUT2D eigenvalue weighted by Gasteiger charge is -2.33. The van der Waals surface area contributed by atoms with Gasteiger partial charge in [-0.2, -0.15) is 30.6 Å². The zero-order valence-corrected chi connectivity index (χ0v) is 19.0. The number of imide groups is 1. The Morgan fingerprint density at radius 1 is 0.829 bits per heavy atom. The summed E-state index contributed by atoms with van der Waals surface area (Å²) in [5.41, 5.74) is -3.42. The molecule has 0 aromatic heterocycles. The number of benzene rings is 1. The van der Waals surface area contributed by atoms with Gasteiger partial charge in [-0.15, -0.1) is 0 Å². The summed E-state index contributed by atoms with van der Waals surface area (Å²) in [6.07, 6.45) is -5.69. The average Bonchev–Trinajstić information content (AvgIpc) is 3.03. The second kappa shape index (κ2) is 8.89. The fourth-order valence-electron chi connectivity index (χ4n) is 4.67. The molecule has 0 unspecified atom stereocenters. The molecule has 2 saturated heterocycles. The van der Waals surface area contributed by atoms with Crippen LogP contribution in [0.15, 0.2) is 35.2 Å². The number of piperazine rings is 1. The van der Waals surface area contributed by atoms with Crippen molar-refractivity contribution in [3.05, 3.63) is 41.5 Å². The van der Waals surface area contributed by atoms with Crippen molar-refractivity contribution in [1.82, 2.24) is 9.21 Å². The molecule has 14 heteroatoms. The zero-order chi connectivity index (χ0) is 25.8. The molecule has 1 aliphatic carbocycles. The first kappa shape index (κ1) is 25.6. The van der Waals surface area contributed by atoms with Crippen molar-refractivity contribution in [2.75, 3.05) is 32.8 Å². The number of hydrogen-bond donors (Lipinski definition) is 1. The molecule has 2 amide bonds. The van der Waals surface area contributed by atoms with E-state index in [0.717, 1.165) is 4.31 Å². The molecule has 0 radical (unpaired) electrons. The van der Waals surface area contributed by atoms with E-state index in [1.807, 2.05) is 12.2 Å². The first-order valence-corrected chi connectivity index (χ1v) is 12.3. The quantitative estimate of drug-likeness (QED) is 0.367. The van der Waals surface area contributed by atoms with Crippen molar-refractivity contribution in [3.8, 4) is 0 Å². The maximum absolute atomic E-state index is 13.1. The highest BCUT2D eigenvalue weighted by molar-refractivity contribution is 7.89. The van der Waals surface area contributed by atoms with Crippen LogP contribution in [0, 0.1) is 11.8 Å². The van der Waals surface area contributed by atoms with Gasteiger partial charge in [0.2, 0.25) is 21.8 Å². The van der Waals surface area contributed by atoms with Gasteiger partial charge in [0.1, 0.15) is 0 Å². The number of nitrogens with one attached hydrogen (secondary N) is 1. The van der Waals surface area contributed by atoms with E-state index in [4.69, 9.17) is 0 Å². The highest BCUT2D eigenvalue weighted by Gasteiger charge is 2.49. The van der Waals surface area contributed by atoms with E-state index in [1.165, 1.54) is 4.90 Å². The molecule has 0 saturated carbocycles. The van der Waals surface area contributed by atoms with Crippen molar-refractivity contribution in [3.63, 3.8) is 0 Å². The number of sulfonamides is 1. The third kappa shape index (κ3) is 4.96. The summed E-state index contributed by atoms with van der Waals surface area (Å²) in [5, 5.41) is 0. The maximum Gasteiger partial charge on any atom is 0.416 e. The Hall–Kier alpha value is -2.45. The maximum atomic E-state index is 13.1. The predicted molar refractivity (Wildman–Crippen MR) is 108 cm³/mol. The Labute approximate surface area is 197 Å². The van der Waals surface area contributed by atoms with Gasteiger partial charge < -0.3 is 4.90 Å². The fourth-order valence-corrected chi connectivity index (χ4v) is 6.19. The van der Waals surface area contributed by atoms with Crippen LogP contribution in [0.1, 0.15) is 24.0 Å². The van der Waals surface area contributed by atoms with Gasteiger partial charge in [0.05, 0.1) is 54.0 Å². The summed E-state index contributed by atoms with van der Waals surface area (Å²) in [5.74, 6) is -1.37. The minimum Gasteiger partial charge on any atom is -0.315 e. The molecule has 3 aliphatic rings. The first-order valence-electron chi connectivity index (χ1n) is 10.8. The van der Waals surface area contributed by atoms with Crippen LogP contribution < -0.4 is 4.90 Å². The summed E-state index contributed by atoms with van der Waals surface area (Å²) < 4.78 is 106. The van der Waals surface area contributed by atoms with Gasteiger partial charge >= 0.3 is 12.4 Å². The summed E-state index contributed by atoms with van der Waals surface area (Å²) in [7, 11) is -4.65. The Balaban J connectivity index is 1.48. The molecule has 1 aromatic carbocycles. The second-order valence-corrected chi connectivity index (χ2v) is 10.8. The normalized spacial score (nSPS) is 24.8. The topological polar surface area (TPSA) is 79.2 Å². The van der Waals surface area contributed by atoms with Crippen molar-refractivity contribution in [1.29, 1.82) is 0 Å². The van der Waals surface area contributed by atoms with Crippen LogP contribution in [0.5, 0.6) is 0 Å². The summed E-state index contributed by atoms with van der Waals surface area (Å²) >= 11 is 0. The van der Waals surface area contributed by atoms with E-state index >= 15 is 0 Å². The molecule has 7 nitrogen and oxygen atoms in total. The number of fused-ring (bicyclic) bond motifs is 1. The number of quaternary nitrogens is 1. The summed E-state index contributed by atoms with van der Waals surface area (Å²) in [6, 6.07) is 0.264. The number of carbonyl (C=O) groups excluding carboxylic acids is 2. The molecular formula is C21H22F6N3O4S+. The number of carbonyl (C=O) groups is 2. The third-order valence-electron chi connectivity index (χ3n) is 6.61. The van der Waals surface area contributed by atoms with Crippen LogP contribution in [0.3, 0.4) is 0 Å². The molecule has 1 N–H and O–H groups in total. The average molecular weight is 526 g/mol. The fraction of sp³-hybridized carbons (Fsp3) is 0.524. The van der Waals surface area contributed by atoms with Crippen molar-refractivity contribution in [2.45, 2.75) is 30.1 Å². The molecule has 2 fully saturated rings. The molecule has 0 spiro atoms. The molecule has 0 bridgehead atoms. The second-order valence-electron chi connectivity index (χ2n) is 8.81. The largest absolute Gasteiger partial charge is 0.416 e. The molecule has 2 atom stereocenters. The third-order valence-corrected chi connectivity index (χ3v) is 8.49.